The molecule has 2 aromatic heterocycles. The number of nitrogens with zero attached hydrogens (tertiary/aromatic N) is 5. The Bertz CT molecular complexity index is 777. The molecule has 0 amide bonds. The zero-order valence-corrected chi connectivity index (χ0v) is 16.0. The Morgan fingerprint density at radius 2 is 2.24 bits per heavy atom. The first-order valence-electron chi connectivity index (χ1n) is 8.23. The van der Waals surface area contributed by atoms with Crippen LogP contribution in [0.15, 0.2) is 12.4 Å². The first kappa shape index (κ1) is 18.5. The van der Waals surface area contributed by atoms with Gasteiger partial charge in [-0.05, 0) is 44.7 Å². The van der Waals surface area contributed by atoms with Crippen LogP contribution in [0.3, 0.4) is 0 Å². The Hall–Kier alpha value is -1.26. The molecule has 1 aliphatic heterocycles. The minimum Gasteiger partial charge on any atom is -0.759 e. The maximum Gasteiger partial charge on any atom is 0.156 e. The highest BCUT2D eigenvalue weighted by Crippen LogP contribution is 2.31. The highest BCUT2D eigenvalue weighted by molar-refractivity contribution is 7.76. The van der Waals surface area contributed by atoms with E-state index in [0.29, 0.717) is 17.6 Å². The van der Waals surface area contributed by atoms with Crippen molar-refractivity contribution in [3.05, 3.63) is 23.1 Å². The maximum absolute atomic E-state index is 11.2. The number of anilines is 1. The molecular weight excluding hydrogens is 364 g/mol. The molecule has 3 heterocycles. The van der Waals surface area contributed by atoms with Crippen molar-refractivity contribution in [1.82, 2.24) is 24.4 Å². The molecule has 0 spiro atoms. The zero-order chi connectivity index (χ0) is 18.1. The first-order chi connectivity index (χ1) is 11.9. The van der Waals surface area contributed by atoms with Gasteiger partial charge in [0.2, 0.25) is 0 Å². The summed E-state index contributed by atoms with van der Waals surface area (Å²) in [5.41, 5.74) is 4.89. The average molecular weight is 386 g/mol. The third kappa shape index (κ3) is 3.95. The average Bonchev–Trinajstić information content (AvgIpc) is 2.79. The van der Waals surface area contributed by atoms with Crippen molar-refractivity contribution in [2.24, 2.45) is 5.92 Å². The van der Waals surface area contributed by atoms with Gasteiger partial charge in [0.15, 0.2) is 5.82 Å². The van der Waals surface area contributed by atoms with E-state index in [2.05, 4.69) is 20.4 Å². The summed E-state index contributed by atoms with van der Waals surface area (Å²) in [5.74, 6) is 1.31. The number of aryl methyl sites for hydroxylation is 1. The molecule has 0 saturated carbocycles. The molecule has 138 valence electrons. The Morgan fingerprint density at radius 3 is 2.88 bits per heavy atom. The number of hydrazine groups is 1. The van der Waals surface area contributed by atoms with Crippen LogP contribution in [-0.4, -0.2) is 53.5 Å². The standard InChI is InChI=1S/C15H23ClN6O2S/c1-10(2)19-21(25(23)24)5-4-12-7-20(8-12)15-14-11(3)6-13(16)22(14)18-9-17-15/h6,9-10,12,19H,4-5,7-8H2,1-3H3,(H,23,24)/p-1. The van der Waals surface area contributed by atoms with Crippen LogP contribution in [0.1, 0.15) is 25.8 Å². The number of nitrogens with one attached hydrogen (secondary N) is 1. The quantitative estimate of drug-likeness (QED) is 0.574. The van der Waals surface area contributed by atoms with Crippen molar-refractivity contribution in [1.29, 1.82) is 0 Å². The molecule has 1 aliphatic rings. The molecule has 1 atom stereocenters. The number of aromatic nitrogens is 3. The van der Waals surface area contributed by atoms with Crippen LogP contribution >= 0.6 is 11.6 Å². The van der Waals surface area contributed by atoms with E-state index in [9.17, 15) is 8.76 Å². The van der Waals surface area contributed by atoms with Crippen molar-refractivity contribution in [2.45, 2.75) is 33.2 Å². The fourth-order valence-electron chi connectivity index (χ4n) is 3.09. The molecule has 1 unspecified atom stereocenters. The number of hydrogen-bond donors (Lipinski definition) is 1. The van der Waals surface area contributed by atoms with E-state index < -0.39 is 11.3 Å². The van der Waals surface area contributed by atoms with Crippen LogP contribution in [0.2, 0.25) is 5.15 Å². The van der Waals surface area contributed by atoms with Gasteiger partial charge in [0.25, 0.3) is 0 Å². The lowest BCUT2D eigenvalue weighted by Crippen LogP contribution is -2.50. The summed E-state index contributed by atoms with van der Waals surface area (Å²) in [6, 6.07) is 1.96. The largest absolute Gasteiger partial charge is 0.759 e. The van der Waals surface area contributed by atoms with Gasteiger partial charge in [-0.1, -0.05) is 11.6 Å². The van der Waals surface area contributed by atoms with Crippen LogP contribution in [0.4, 0.5) is 5.82 Å². The Balaban J connectivity index is 1.61. The molecule has 10 heteroatoms. The van der Waals surface area contributed by atoms with Gasteiger partial charge in [-0.15, -0.1) is 0 Å². The van der Waals surface area contributed by atoms with Crippen LogP contribution in [0, 0.1) is 12.8 Å². The van der Waals surface area contributed by atoms with Crippen molar-refractivity contribution in [3.63, 3.8) is 0 Å². The normalized spacial score (nSPS) is 16.8. The van der Waals surface area contributed by atoms with Gasteiger partial charge in [-0.25, -0.2) is 14.9 Å². The predicted molar refractivity (Wildman–Crippen MR) is 97.0 cm³/mol. The summed E-state index contributed by atoms with van der Waals surface area (Å²) in [6.45, 7) is 7.96. The van der Waals surface area contributed by atoms with E-state index >= 15 is 0 Å². The third-order valence-electron chi connectivity index (χ3n) is 4.26. The molecule has 0 aromatic carbocycles. The Kier molecular flexibility index (Phi) is 5.59. The molecule has 8 nitrogen and oxygen atoms in total. The van der Waals surface area contributed by atoms with Crippen LogP contribution in [0.5, 0.6) is 0 Å². The van der Waals surface area contributed by atoms with Crippen LogP contribution < -0.4 is 10.3 Å². The van der Waals surface area contributed by atoms with Gasteiger partial charge in [0.1, 0.15) is 17.0 Å². The van der Waals surface area contributed by atoms with Gasteiger partial charge < -0.3 is 9.45 Å². The lowest BCUT2D eigenvalue weighted by Gasteiger charge is -2.41. The molecule has 2 aromatic rings. The summed E-state index contributed by atoms with van der Waals surface area (Å²) in [5, 5.41) is 4.76. The molecule has 25 heavy (non-hydrogen) atoms. The molecule has 1 fully saturated rings. The summed E-state index contributed by atoms with van der Waals surface area (Å²) in [6.07, 6.45) is 2.31. The zero-order valence-electron chi connectivity index (χ0n) is 14.5. The lowest BCUT2D eigenvalue weighted by molar-refractivity contribution is 0.246. The molecule has 0 radical (unpaired) electrons. The van der Waals surface area contributed by atoms with Gasteiger partial charge >= 0.3 is 0 Å². The van der Waals surface area contributed by atoms with E-state index in [1.54, 1.807) is 4.52 Å². The summed E-state index contributed by atoms with van der Waals surface area (Å²) < 4.78 is 25.5. The van der Waals surface area contributed by atoms with Gasteiger partial charge in [-0.2, -0.15) is 9.51 Å². The number of rotatable bonds is 7. The second kappa shape index (κ2) is 7.55. The van der Waals surface area contributed by atoms with Crippen molar-refractivity contribution >= 4 is 34.2 Å². The van der Waals surface area contributed by atoms with Crippen molar-refractivity contribution < 1.29 is 8.76 Å². The fraction of sp³-hybridized carbons (Fsp3) is 0.600. The fourth-order valence-corrected chi connectivity index (χ4v) is 3.93. The second-order valence-corrected chi connectivity index (χ2v) is 7.92. The Labute approximate surface area is 154 Å². The van der Waals surface area contributed by atoms with E-state index in [1.807, 2.05) is 26.8 Å². The van der Waals surface area contributed by atoms with E-state index in [1.165, 1.54) is 10.7 Å². The van der Waals surface area contributed by atoms with Gasteiger partial charge in [0.05, 0.1) is 0 Å². The van der Waals surface area contributed by atoms with Crippen LogP contribution in [-0.2, 0) is 11.3 Å². The predicted octanol–water partition coefficient (Wildman–Crippen LogP) is 1.53. The number of halogens is 1. The molecule has 3 rings (SSSR count). The highest BCUT2D eigenvalue weighted by Gasteiger charge is 2.30. The monoisotopic (exact) mass is 385 g/mol. The van der Waals surface area contributed by atoms with Crippen molar-refractivity contribution in [3.8, 4) is 0 Å². The van der Waals surface area contributed by atoms with Gasteiger partial charge in [0, 0.05) is 36.9 Å². The third-order valence-corrected chi connectivity index (χ3v) is 5.18. The first-order valence-corrected chi connectivity index (χ1v) is 9.64. The van der Waals surface area contributed by atoms with E-state index in [4.69, 9.17) is 11.6 Å². The topological polar surface area (TPSA) is 88.8 Å². The molecular formula is C15H22ClN6O2S-. The highest BCUT2D eigenvalue weighted by atomic mass is 35.5. The van der Waals surface area contributed by atoms with E-state index in [0.717, 1.165) is 36.4 Å². The Morgan fingerprint density at radius 1 is 1.52 bits per heavy atom. The van der Waals surface area contributed by atoms with Crippen molar-refractivity contribution in [2.75, 3.05) is 24.5 Å². The minimum absolute atomic E-state index is 0.0761. The lowest BCUT2D eigenvalue weighted by atomic mass is 9.96. The smallest absolute Gasteiger partial charge is 0.156 e. The van der Waals surface area contributed by atoms with Crippen LogP contribution in [0.25, 0.3) is 5.52 Å². The summed E-state index contributed by atoms with van der Waals surface area (Å²) in [4.78, 5) is 6.59. The molecule has 1 N–H and O–H groups in total. The van der Waals surface area contributed by atoms with Gasteiger partial charge in [-0.3, -0.25) is 4.21 Å². The second-order valence-electron chi connectivity index (χ2n) is 6.66. The summed E-state index contributed by atoms with van der Waals surface area (Å²) >= 11 is 3.92. The minimum atomic E-state index is -2.26. The SMILES string of the molecule is Cc1cc(Cl)n2ncnc(N3CC(CCN(NC(C)C)S(=O)[O-])C3)c12. The molecule has 0 aliphatic carbocycles. The number of fused-ring (bicyclic) bond motifs is 1. The molecule has 0 bridgehead atoms. The molecule has 1 saturated heterocycles. The number of hydrogen-bond acceptors (Lipinski definition) is 6. The van der Waals surface area contributed by atoms with E-state index in [-0.39, 0.29) is 6.04 Å². The maximum atomic E-state index is 11.2. The summed E-state index contributed by atoms with van der Waals surface area (Å²) in [7, 11) is 0.